The molecule has 0 spiro atoms. The van der Waals surface area contributed by atoms with Gasteiger partial charge >= 0.3 is 0 Å². The van der Waals surface area contributed by atoms with Crippen LogP contribution in [0.15, 0.2) is 29.4 Å². The van der Waals surface area contributed by atoms with E-state index >= 15 is 0 Å². The summed E-state index contributed by atoms with van der Waals surface area (Å²) >= 11 is 0. The molecule has 1 aromatic rings. The minimum Gasteiger partial charge on any atom is -0.296 e. The molecule has 2 atom stereocenters. The predicted octanol–water partition coefficient (Wildman–Crippen LogP) is 3.20. The highest BCUT2D eigenvalue weighted by atomic mass is 15.1. The zero-order valence-electron chi connectivity index (χ0n) is 11.0. The molecule has 1 aromatic carbocycles. The fourth-order valence-corrected chi connectivity index (χ4v) is 2.74. The molecule has 0 heterocycles. The van der Waals surface area contributed by atoms with Crippen molar-refractivity contribution < 1.29 is 0 Å². The highest BCUT2D eigenvalue weighted by Gasteiger charge is 2.38. The Hall–Kier alpha value is -2.02. The SMILES string of the molecule is CC1CCC(C#N)(NCCN=[N+]=[N-])c2ccccc21. The van der Waals surface area contributed by atoms with Gasteiger partial charge in [-0.1, -0.05) is 36.3 Å². The summed E-state index contributed by atoms with van der Waals surface area (Å²) in [6.45, 7) is 3.07. The average molecular weight is 255 g/mol. The third kappa shape index (κ3) is 2.55. The maximum absolute atomic E-state index is 9.62. The number of hydrogen-bond acceptors (Lipinski definition) is 3. The number of fused-ring (bicyclic) bond motifs is 1. The number of hydrogen-bond donors (Lipinski definition) is 1. The summed E-state index contributed by atoms with van der Waals surface area (Å²) in [6, 6.07) is 10.5. The largest absolute Gasteiger partial charge is 0.296 e. The Kier molecular flexibility index (Phi) is 4.06. The summed E-state index contributed by atoms with van der Waals surface area (Å²) in [7, 11) is 0. The van der Waals surface area contributed by atoms with Crippen LogP contribution in [-0.4, -0.2) is 13.1 Å². The predicted molar refractivity (Wildman–Crippen MR) is 73.4 cm³/mol. The molecule has 5 nitrogen and oxygen atoms in total. The van der Waals surface area contributed by atoms with Crippen LogP contribution in [0.25, 0.3) is 10.4 Å². The minimum atomic E-state index is -0.645. The lowest BCUT2D eigenvalue weighted by Gasteiger charge is -2.37. The van der Waals surface area contributed by atoms with E-state index in [1.807, 2.05) is 18.2 Å². The van der Waals surface area contributed by atoms with E-state index in [0.717, 1.165) is 18.4 Å². The van der Waals surface area contributed by atoms with Crippen LogP contribution in [0.2, 0.25) is 0 Å². The van der Waals surface area contributed by atoms with Crippen molar-refractivity contribution in [3.8, 4) is 6.07 Å². The molecule has 0 saturated carbocycles. The number of benzene rings is 1. The molecule has 0 amide bonds. The van der Waals surface area contributed by atoms with Crippen molar-refractivity contribution in [2.45, 2.75) is 31.2 Å². The molecule has 1 aliphatic carbocycles. The van der Waals surface area contributed by atoms with Crippen molar-refractivity contribution in [3.05, 3.63) is 45.8 Å². The first-order valence-corrected chi connectivity index (χ1v) is 6.50. The fourth-order valence-electron chi connectivity index (χ4n) is 2.74. The molecule has 0 bridgehead atoms. The quantitative estimate of drug-likeness (QED) is 0.387. The van der Waals surface area contributed by atoms with Gasteiger partial charge in [0.25, 0.3) is 0 Å². The molecule has 98 valence electrons. The molecule has 0 aromatic heterocycles. The first kappa shape index (κ1) is 13.4. The number of rotatable bonds is 4. The monoisotopic (exact) mass is 255 g/mol. The van der Waals surface area contributed by atoms with Gasteiger partial charge in [-0.3, -0.25) is 5.32 Å². The van der Waals surface area contributed by atoms with E-state index in [2.05, 4.69) is 34.4 Å². The number of nitrogens with one attached hydrogen (secondary N) is 1. The first-order valence-electron chi connectivity index (χ1n) is 6.50. The van der Waals surface area contributed by atoms with Gasteiger partial charge in [0, 0.05) is 18.0 Å². The fraction of sp³-hybridized carbons (Fsp3) is 0.500. The summed E-state index contributed by atoms with van der Waals surface area (Å²) in [5.41, 5.74) is 9.95. The summed E-state index contributed by atoms with van der Waals surface area (Å²) in [5.74, 6) is 0.483. The van der Waals surface area contributed by atoms with Crippen molar-refractivity contribution in [1.29, 1.82) is 5.26 Å². The van der Waals surface area contributed by atoms with Crippen molar-refractivity contribution in [2.75, 3.05) is 13.1 Å². The second-order valence-corrected chi connectivity index (χ2v) is 4.93. The molecule has 2 unspecified atom stereocenters. The van der Waals surface area contributed by atoms with Crippen molar-refractivity contribution in [1.82, 2.24) is 5.32 Å². The van der Waals surface area contributed by atoms with Gasteiger partial charge < -0.3 is 0 Å². The highest BCUT2D eigenvalue weighted by Crippen LogP contribution is 2.40. The van der Waals surface area contributed by atoms with Crippen molar-refractivity contribution in [2.24, 2.45) is 5.11 Å². The summed E-state index contributed by atoms with van der Waals surface area (Å²) in [6.07, 6.45) is 1.77. The third-order valence-electron chi connectivity index (χ3n) is 3.80. The van der Waals surface area contributed by atoms with Gasteiger partial charge in [-0.15, -0.1) is 0 Å². The Morgan fingerprint density at radius 1 is 1.58 bits per heavy atom. The lowest BCUT2D eigenvalue weighted by atomic mass is 9.73. The van der Waals surface area contributed by atoms with E-state index < -0.39 is 5.54 Å². The zero-order chi connectivity index (χ0) is 13.7. The third-order valence-corrected chi connectivity index (χ3v) is 3.80. The molecule has 1 N–H and O–H groups in total. The van der Waals surface area contributed by atoms with Crippen LogP contribution in [0.3, 0.4) is 0 Å². The standard InChI is InChI=1S/C14H17N5/c1-11-6-7-14(10-15,17-8-9-18-19-16)13-5-3-2-4-12(11)13/h2-5,11,17H,6-9H2,1H3. The van der Waals surface area contributed by atoms with E-state index in [9.17, 15) is 5.26 Å². The molecule has 5 heteroatoms. The van der Waals surface area contributed by atoms with Crippen LogP contribution in [-0.2, 0) is 5.54 Å². The second-order valence-electron chi connectivity index (χ2n) is 4.93. The molecule has 19 heavy (non-hydrogen) atoms. The smallest absolute Gasteiger partial charge is 0.132 e. The Bertz CT molecular complexity index is 541. The van der Waals surface area contributed by atoms with Crippen molar-refractivity contribution in [3.63, 3.8) is 0 Å². The Morgan fingerprint density at radius 2 is 2.37 bits per heavy atom. The van der Waals surface area contributed by atoms with Gasteiger partial charge in [0.1, 0.15) is 5.54 Å². The molecular formula is C14H17N5. The van der Waals surface area contributed by atoms with E-state index in [4.69, 9.17) is 5.53 Å². The average Bonchev–Trinajstić information content (AvgIpc) is 2.46. The van der Waals surface area contributed by atoms with E-state index in [1.165, 1.54) is 5.56 Å². The molecule has 0 saturated heterocycles. The molecule has 0 fully saturated rings. The maximum atomic E-state index is 9.62. The Morgan fingerprint density at radius 3 is 3.11 bits per heavy atom. The molecule has 2 rings (SSSR count). The molecule has 0 aliphatic heterocycles. The molecule has 1 aliphatic rings. The van der Waals surface area contributed by atoms with Gasteiger partial charge in [-0.2, -0.15) is 5.26 Å². The topological polar surface area (TPSA) is 84.6 Å². The van der Waals surface area contributed by atoms with Crippen LogP contribution >= 0.6 is 0 Å². The van der Waals surface area contributed by atoms with Gasteiger partial charge in [0.2, 0.25) is 0 Å². The zero-order valence-corrected chi connectivity index (χ0v) is 11.0. The van der Waals surface area contributed by atoms with Gasteiger partial charge in [0.05, 0.1) is 6.07 Å². The van der Waals surface area contributed by atoms with E-state index in [1.54, 1.807) is 0 Å². The highest BCUT2D eigenvalue weighted by molar-refractivity contribution is 5.42. The summed E-state index contributed by atoms with van der Waals surface area (Å²) in [5, 5.41) is 16.4. The minimum absolute atomic E-state index is 0.359. The Labute approximate surface area is 112 Å². The molecular weight excluding hydrogens is 238 g/mol. The van der Waals surface area contributed by atoms with E-state index in [0.29, 0.717) is 19.0 Å². The van der Waals surface area contributed by atoms with Crippen LogP contribution in [0.4, 0.5) is 0 Å². The normalized spacial score (nSPS) is 24.9. The van der Waals surface area contributed by atoms with Crippen LogP contribution in [0.1, 0.15) is 36.8 Å². The van der Waals surface area contributed by atoms with Gasteiger partial charge in [-0.05, 0) is 35.4 Å². The van der Waals surface area contributed by atoms with Crippen LogP contribution in [0.5, 0.6) is 0 Å². The van der Waals surface area contributed by atoms with Crippen LogP contribution in [0, 0.1) is 11.3 Å². The Balaban J connectivity index is 2.28. The summed E-state index contributed by atoms with van der Waals surface area (Å²) in [4.78, 5) is 2.73. The van der Waals surface area contributed by atoms with Crippen LogP contribution < -0.4 is 5.32 Å². The summed E-state index contributed by atoms with van der Waals surface area (Å²) < 4.78 is 0. The van der Waals surface area contributed by atoms with Gasteiger partial charge in [-0.25, -0.2) is 0 Å². The number of nitriles is 1. The number of nitrogens with zero attached hydrogens (tertiary/aromatic N) is 4. The second kappa shape index (κ2) is 5.75. The lowest BCUT2D eigenvalue weighted by Crippen LogP contribution is -2.45. The van der Waals surface area contributed by atoms with Crippen molar-refractivity contribution >= 4 is 0 Å². The lowest BCUT2D eigenvalue weighted by molar-refractivity contribution is 0.352. The van der Waals surface area contributed by atoms with Gasteiger partial charge in [0.15, 0.2) is 0 Å². The maximum Gasteiger partial charge on any atom is 0.132 e. The first-order chi connectivity index (χ1) is 9.23. The molecule has 0 radical (unpaired) electrons. The van der Waals surface area contributed by atoms with E-state index in [-0.39, 0.29) is 0 Å². The number of azide groups is 1.